The smallest absolute Gasteiger partial charge is 0.220 e. The number of hydrogen-bond donors (Lipinski definition) is 2. The number of amides is 1. The van der Waals surface area contributed by atoms with E-state index in [2.05, 4.69) is 10.3 Å². The average molecular weight is 318 g/mol. The van der Waals surface area contributed by atoms with Gasteiger partial charge in [0, 0.05) is 24.7 Å². The highest BCUT2D eigenvalue weighted by molar-refractivity contribution is 5.76. The monoisotopic (exact) mass is 318 g/mol. The van der Waals surface area contributed by atoms with Crippen LogP contribution in [0.4, 0.5) is 4.39 Å². The van der Waals surface area contributed by atoms with Crippen molar-refractivity contribution < 1.29 is 19.0 Å². The van der Waals surface area contributed by atoms with Crippen LogP contribution >= 0.6 is 0 Å². The van der Waals surface area contributed by atoms with E-state index >= 15 is 0 Å². The fourth-order valence-electron chi connectivity index (χ4n) is 2.12. The Kier molecular flexibility index (Phi) is 6.05. The number of carbonyl (C=O) groups is 1. The summed E-state index contributed by atoms with van der Waals surface area (Å²) in [6.07, 6.45) is 2.95. The van der Waals surface area contributed by atoms with Crippen molar-refractivity contribution in [1.82, 2.24) is 10.3 Å². The number of aliphatic hydroxyl groups excluding tert-OH is 1. The zero-order chi connectivity index (χ0) is 16.7. The first-order chi connectivity index (χ1) is 11.1. The maximum absolute atomic E-state index is 13.5. The third kappa shape index (κ3) is 5.03. The van der Waals surface area contributed by atoms with E-state index in [4.69, 9.17) is 4.74 Å². The standard InChI is InChI=1S/C17H19FN2O3/c1-23-13-8-12(9-19-10-13)6-7-17(22)20-11-16(21)14-4-2-3-5-15(14)18/h2-5,8-10,16,21H,6-7,11H2,1H3,(H,20,22). The number of rotatable bonds is 7. The zero-order valence-electron chi connectivity index (χ0n) is 12.8. The van der Waals surface area contributed by atoms with Gasteiger partial charge in [-0.05, 0) is 24.1 Å². The second kappa shape index (κ2) is 8.24. The van der Waals surface area contributed by atoms with Gasteiger partial charge in [-0.1, -0.05) is 18.2 Å². The lowest BCUT2D eigenvalue weighted by molar-refractivity contribution is -0.121. The van der Waals surface area contributed by atoms with Crippen molar-refractivity contribution >= 4 is 5.91 Å². The Bertz CT molecular complexity index is 664. The molecule has 0 fully saturated rings. The molecule has 1 atom stereocenters. The lowest BCUT2D eigenvalue weighted by atomic mass is 10.1. The normalized spacial score (nSPS) is 11.8. The summed E-state index contributed by atoms with van der Waals surface area (Å²) in [4.78, 5) is 15.8. The second-order valence-electron chi connectivity index (χ2n) is 5.07. The van der Waals surface area contributed by atoms with Crippen LogP contribution in [-0.2, 0) is 11.2 Å². The highest BCUT2D eigenvalue weighted by Gasteiger charge is 2.13. The number of hydrogen-bond acceptors (Lipinski definition) is 4. The van der Waals surface area contributed by atoms with Crippen LogP contribution in [-0.4, -0.2) is 29.7 Å². The molecule has 0 aliphatic rings. The van der Waals surface area contributed by atoms with Gasteiger partial charge in [0.15, 0.2) is 0 Å². The maximum Gasteiger partial charge on any atom is 0.220 e. The molecule has 23 heavy (non-hydrogen) atoms. The van der Waals surface area contributed by atoms with Crippen molar-refractivity contribution in [3.05, 3.63) is 59.7 Å². The van der Waals surface area contributed by atoms with Crippen LogP contribution in [0.5, 0.6) is 5.75 Å². The van der Waals surface area contributed by atoms with Gasteiger partial charge in [0.25, 0.3) is 0 Å². The first kappa shape index (κ1) is 16.9. The summed E-state index contributed by atoms with van der Waals surface area (Å²) in [5.74, 6) is -0.0715. The van der Waals surface area contributed by atoms with Crippen molar-refractivity contribution in [2.24, 2.45) is 0 Å². The lowest BCUT2D eigenvalue weighted by Crippen LogP contribution is -2.28. The summed E-state index contributed by atoms with van der Waals surface area (Å²) >= 11 is 0. The Morgan fingerprint density at radius 1 is 1.39 bits per heavy atom. The van der Waals surface area contributed by atoms with Crippen molar-refractivity contribution in [2.75, 3.05) is 13.7 Å². The number of aromatic nitrogens is 1. The minimum absolute atomic E-state index is 0.0316. The second-order valence-corrected chi connectivity index (χ2v) is 5.07. The molecule has 122 valence electrons. The number of aliphatic hydroxyl groups is 1. The zero-order valence-corrected chi connectivity index (χ0v) is 12.8. The van der Waals surface area contributed by atoms with E-state index in [0.717, 1.165) is 5.56 Å². The minimum Gasteiger partial charge on any atom is -0.495 e. The van der Waals surface area contributed by atoms with E-state index in [0.29, 0.717) is 12.2 Å². The summed E-state index contributed by atoms with van der Waals surface area (Å²) in [5, 5.41) is 12.5. The van der Waals surface area contributed by atoms with Gasteiger partial charge in [-0.15, -0.1) is 0 Å². The first-order valence-corrected chi connectivity index (χ1v) is 7.27. The van der Waals surface area contributed by atoms with E-state index in [1.807, 2.05) is 6.07 Å². The molecule has 0 saturated heterocycles. The van der Waals surface area contributed by atoms with Crippen LogP contribution in [0.3, 0.4) is 0 Å². The molecule has 1 aromatic heterocycles. The largest absolute Gasteiger partial charge is 0.495 e. The van der Waals surface area contributed by atoms with Crippen LogP contribution in [0.1, 0.15) is 23.7 Å². The lowest BCUT2D eigenvalue weighted by Gasteiger charge is -2.13. The predicted molar refractivity (Wildman–Crippen MR) is 83.5 cm³/mol. The average Bonchev–Trinajstić information content (AvgIpc) is 2.58. The van der Waals surface area contributed by atoms with Crippen LogP contribution in [0.2, 0.25) is 0 Å². The Morgan fingerprint density at radius 3 is 2.91 bits per heavy atom. The number of pyridine rings is 1. The van der Waals surface area contributed by atoms with Crippen molar-refractivity contribution in [3.63, 3.8) is 0 Å². The molecule has 2 N–H and O–H groups in total. The number of halogens is 1. The van der Waals surface area contributed by atoms with Gasteiger partial charge >= 0.3 is 0 Å². The Hall–Kier alpha value is -2.47. The highest BCUT2D eigenvalue weighted by atomic mass is 19.1. The first-order valence-electron chi connectivity index (χ1n) is 7.27. The molecule has 0 spiro atoms. The van der Waals surface area contributed by atoms with Gasteiger partial charge in [-0.2, -0.15) is 0 Å². The van der Waals surface area contributed by atoms with Crippen LogP contribution < -0.4 is 10.1 Å². The molecule has 1 heterocycles. The number of ether oxygens (including phenoxy) is 1. The minimum atomic E-state index is -1.07. The molecule has 1 amide bonds. The van der Waals surface area contributed by atoms with Crippen LogP contribution in [0.25, 0.3) is 0 Å². The van der Waals surface area contributed by atoms with Crippen LogP contribution in [0.15, 0.2) is 42.7 Å². The summed E-state index contributed by atoms with van der Waals surface area (Å²) < 4.78 is 18.6. The molecule has 0 aliphatic carbocycles. The topological polar surface area (TPSA) is 71.5 Å². The van der Waals surface area contributed by atoms with E-state index in [1.165, 1.54) is 12.1 Å². The molecule has 0 aliphatic heterocycles. The molecule has 2 rings (SSSR count). The van der Waals surface area contributed by atoms with Crippen molar-refractivity contribution in [3.8, 4) is 5.75 Å². The summed E-state index contributed by atoms with van der Waals surface area (Å²) in [7, 11) is 1.55. The van der Waals surface area contributed by atoms with E-state index < -0.39 is 11.9 Å². The van der Waals surface area contributed by atoms with Gasteiger partial charge in [-0.25, -0.2) is 4.39 Å². The molecule has 0 radical (unpaired) electrons. The quantitative estimate of drug-likeness (QED) is 0.819. The molecule has 1 unspecified atom stereocenters. The molecule has 0 saturated carbocycles. The van der Waals surface area contributed by atoms with Gasteiger partial charge in [0.2, 0.25) is 5.91 Å². The third-order valence-electron chi connectivity index (χ3n) is 3.40. The van der Waals surface area contributed by atoms with Crippen molar-refractivity contribution in [1.29, 1.82) is 0 Å². The van der Waals surface area contributed by atoms with Crippen molar-refractivity contribution in [2.45, 2.75) is 18.9 Å². The summed E-state index contributed by atoms with van der Waals surface area (Å²) in [5.41, 5.74) is 1.05. The molecule has 6 heteroatoms. The van der Waals surface area contributed by atoms with E-state index in [9.17, 15) is 14.3 Å². The predicted octanol–water partition coefficient (Wildman–Crippen LogP) is 2.01. The number of aryl methyl sites for hydroxylation is 1. The Morgan fingerprint density at radius 2 is 2.17 bits per heavy atom. The van der Waals surface area contributed by atoms with E-state index in [-0.39, 0.29) is 24.4 Å². The maximum atomic E-state index is 13.5. The number of nitrogens with zero attached hydrogens (tertiary/aromatic N) is 1. The molecule has 2 aromatic rings. The number of nitrogens with one attached hydrogen (secondary N) is 1. The Balaban J connectivity index is 1.80. The molecule has 1 aromatic carbocycles. The van der Waals surface area contributed by atoms with Crippen LogP contribution in [0, 0.1) is 5.82 Å². The molecule has 0 bridgehead atoms. The van der Waals surface area contributed by atoms with Gasteiger partial charge in [0.05, 0.1) is 19.4 Å². The molecular weight excluding hydrogens is 299 g/mol. The fraction of sp³-hybridized carbons (Fsp3) is 0.294. The SMILES string of the molecule is COc1cncc(CCC(=O)NCC(O)c2ccccc2F)c1. The van der Waals surface area contributed by atoms with Gasteiger partial charge in [0.1, 0.15) is 11.6 Å². The summed E-state index contributed by atoms with van der Waals surface area (Å²) in [6.45, 7) is -0.0316. The molecular formula is C17H19FN2O3. The third-order valence-corrected chi connectivity index (χ3v) is 3.40. The molecule has 5 nitrogen and oxygen atoms in total. The van der Waals surface area contributed by atoms with E-state index in [1.54, 1.807) is 31.6 Å². The highest BCUT2D eigenvalue weighted by Crippen LogP contribution is 2.16. The van der Waals surface area contributed by atoms with Gasteiger partial charge < -0.3 is 15.2 Å². The number of benzene rings is 1. The number of carbonyl (C=O) groups excluding carboxylic acids is 1. The number of methoxy groups -OCH3 is 1. The Labute approximate surface area is 134 Å². The summed E-state index contributed by atoms with van der Waals surface area (Å²) in [6, 6.07) is 7.77. The fourth-order valence-corrected chi connectivity index (χ4v) is 2.12. The van der Waals surface area contributed by atoms with Gasteiger partial charge in [-0.3, -0.25) is 9.78 Å².